The Morgan fingerprint density at radius 3 is 2.77 bits per heavy atom. The van der Waals surface area contributed by atoms with Crippen molar-refractivity contribution >= 4 is 21.8 Å². The van der Waals surface area contributed by atoms with Crippen LogP contribution in [0.25, 0.3) is 0 Å². The van der Waals surface area contributed by atoms with Gasteiger partial charge in [0.1, 0.15) is 5.75 Å². The lowest BCUT2D eigenvalue weighted by Gasteiger charge is -2.12. The summed E-state index contributed by atoms with van der Waals surface area (Å²) in [7, 11) is 1.52. The number of hydrogen-bond acceptors (Lipinski definition) is 4. The molecule has 22 heavy (non-hydrogen) atoms. The second-order valence-electron chi connectivity index (χ2n) is 4.67. The van der Waals surface area contributed by atoms with E-state index >= 15 is 0 Å². The molecule has 2 aromatic rings. The molecule has 0 radical (unpaired) electrons. The highest BCUT2D eigenvalue weighted by molar-refractivity contribution is 9.10. The van der Waals surface area contributed by atoms with Crippen molar-refractivity contribution in [2.45, 2.75) is 13.5 Å². The summed E-state index contributed by atoms with van der Waals surface area (Å²) in [5.74, 6) is 0.302. The zero-order valence-electron chi connectivity index (χ0n) is 12.3. The van der Waals surface area contributed by atoms with Crippen LogP contribution >= 0.6 is 15.9 Å². The fourth-order valence-corrected chi connectivity index (χ4v) is 2.39. The number of pyridine rings is 2. The number of ether oxygens (including phenoxy) is 1. The minimum absolute atomic E-state index is 0.157. The predicted octanol–water partition coefficient (Wildman–Crippen LogP) is 1.75. The average Bonchev–Trinajstić information content (AvgIpc) is 2.49. The Kier molecular flexibility index (Phi) is 5.32. The predicted molar refractivity (Wildman–Crippen MR) is 86.3 cm³/mol. The molecule has 0 spiro atoms. The Hall–Kier alpha value is -2.15. The number of amides is 1. The quantitative estimate of drug-likeness (QED) is 0.875. The number of carbonyl (C=O) groups excluding carboxylic acids is 1. The third kappa shape index (κ3) is 3.94. The van der Waals surface area contributed by atoms with E-state index in [9.17, 15) is 9.59 Å². The molecule has 2 heterocycles. The lowest BCUT2D eigenvalue weighted by molar-refractivity contribution is 0.0951. The smallest absolute Gasteiger partial charge is 0.254 e. The van der Waals surface area contributed by atoms with E-state index in [1.807, 2.05) is 6.92 Å². The van der Waals surface area contributed by atoms with Gasteiger partial charge in [0.25, 0.3) is 11.5 Å². The Bertz CT molecular complexity index is 743. The molecule has 0 aromatic carbocycles. The monoisotopic (exact) mass is 365 g/mol. The molecule has 2 rings (SSSR count). The molecule has 7 heteroatoms. The number of aryl methyl sites for hydroxylation is 1. The number of halogens is 1. The number of hydrogen-bond donors (Lipinski definition) is 1. The van der Waals surface area contributed by atoms with Crippen LogP contribution in [0, 0.1) is 6.92 Å². The van der Waals surface area contributed by atoms with Crippen LogP contribution in [-0.2, 0) is 6.54 Å². The lowest BCUT2D eigenvalue weighted by atomic mass is 10.2. The SMILES string of the molecule is COc1cc(C)n(CCNC(=O)c2cncc(Br)c2)c(=O)c1. The lowest BCUT2D eigenvalue weighted by Crippen LogP contribution is -2.31. The summed E-state index contributed by atoms with van der Waals surface area (Å²) in [4.78, 5) is 27.9. The minimum Gasteiger partial charge on any atom is -0.496 e. The van der Waals surface area contributed by atoms with Crippen LogP contribution in [0.3, 0.4) is 0 Å². The second kappa shape index (κ2) is 7.22. The van der Waals surface area contributed by atoms with Gasteiger partial charge in [-0.2, -0.15) is 0 Å². The maximum Gasteiger partial charge on any atom is 0.254 e. The number of nitrogens with zero attached hydrogens (tertiary/aromatic N) is 2. The number of rotatable bonds is 5. The maximum absolute atomic E-state index is 12.0. The van der Waals surface area contributed by atoms with E-state index in [1.54, 1.807) is 22.9 Å². The van der Waals surface area contributed by atoms with Gasteiger partial charge in [-0.15, -0.1) is 0 Å². The molecule has 0 atom stereocenters. The number of carbonyl (C=O) groups is 1. The topological polar surface area (TPSA) is 73.2 Å². The van der Waals surface area contributed by atoms with Crippen molar-refractivity contribution in [2.24, 2.45) is 0 Å². The molecule has 0 aliphatic rings. The van der Waals surface area contributed by atoms with E-state index in [2.05, 4.69) is 26.2 Å². The third-order valence-corrected chi connectivity index (χ3v) is 3.57. The zero-order valence-corrected chi connectivity index (χ0v) is 13.9. The van der Waals surface area contributed by atoms with Crippen molar-refractivity contribution in [1.82, 2.24) is 14.9 Å². The molecule has 0 aliphatic heterocycles. The van der Waals surface area contributed by atoms with Crippen molar-refractivity contribution < 1.29 is 9.53 Å². The Balaban J connectivity index is 2.00. The van der Waals surface area contributed by atoms with Crippen LogP contribution in [0.2, 0.25) is 0 Å². The molecule has 0 aliphatic carbocycles. The van der Waals surface area contributed by atoms with Crippen molar-refractivity contribution in [3.05, 3.63) is 56.7 Å². The molecule has 0 saturated carbocycles. The van der Waals surface area contributed by atoms with Crippen LogP contribution in [0.5, 0.6) is 5.75 Å². The van der Waals surface area contributed by atoms with E-state index in [0.717, 1.165) is 10.2 Å². The molecular formula is C15H16BrN3O3. The Morgan fingerprint density at radius 2 is 2.14 bits per heavy atom. The van der Waals surface area contributed by atoms with Gasteiger partial charge in [0.05, 0.1) is 12.7 Å². The molecule has 1 amide bonds. The first-order chi connectivity index (χ1) is 10.5. The summed E-state index contributed by atoms with van der Waals surface area (Å²) in [6.45, 7) is 2.56. The zero-order chi connectivity index (χ0) is 16.1. The van der Waals surface area contributed by atoms with Crippen LogP contribution in [0.4, 0.5) is 0 Å². The highest BCUT2D eigenvalue weighted by Gasteiger charge is 2.07. The maximum atomic E-state index is 12.0. The highest BCUT2D eigenvalue weighted by atomic mass is 79.9. The molecule has 6 nitrogen and oxygen atoms in total. The van der Waals surface area contributed by atoms with Gasteiger partial charge in [-0.1, -0.05) is 0 Å². The fourth-order valence-electron chi connectivity index (χ4n) is 2.02. The van der Waals surface area contributed by atoms with Gasteiger partial charge in [-0.3, -0.25) is 14.6 Å². The minimum atomic E-state index is -0.229. The first-order valence-corrected chi connectivity index (χ1v) is 7.45. The molecule has 0 unspecified atom stereocenters. The van der Waals surface area contributed by atoms with Gasteiger partial charge in [0, 0.05) is 41.7 Å². The van der Waals surface area contributed by atoms with Crippen LogP contribution in [-0.4, -0.2) is 29.1 Å². The third-order valence-electron chi connectivity index (χ3n) is 3.13. The summed E-state index contributed by atoms with van der Waals surface area (Å²) < 4.78 is 7.37. The summed E-state index contributed by atoms with van der Waals surface area (Å²) in [5.41, 5.74) is 1.09. The highest BCUT2D eigenvalue weighted by Crippen LogP contribution is 2.10. The summed E-state index contributed by atoms with van der Waals surface area (Å²) in [6.07, 6.45) is 3.10. The van der Waals surface area contributed by atoms with Crippen molar-refractivity contribution in [2.75, 3.05) is 13.7 Å². The molecule has 0 saturated heterocycles. The number of aromatic nitrogens is 2. The fraction of sp³-hybridized carbons (Fsp3) is 0.267. The molecule has 0 fully saturated rings. The van der Waals surface area contributed by atoms with Crippen molar-refractivity contribution in [3.8, 4) is 5.75 Å². The molecule has 116 valence electrons. The summed E-state index contributed by atoms with van der Waals surface area (Å²) in [6, 6.07) is 4.89. The molecule has 2 aromatic heterocycles. The van der Waals surface area contributed by atoms with Gasteiger partial charge in [-0.05, 0) is 35.0 Å². The van der Waals surface area contributed by atoms with E-state index in [1.165, 1.54) is 19.4 Å². The summed E-state index contributed by atoms with van der Waals surface area (Å²) >= 11 is 3.27. The van der Waals surface area contributed by atoms with Gasteiger partial charge in [-0.25, -0.2) is 0 Å². The van der Waals surface area contributed by atoms with E-state index < -0.39 is 0 Å². The van der Waals surface area contributed by atoms with Crippen molar-refractivity contribution in [1.29, 1.82) is 0 Å². The van der Waals surface area contributed by atoms with Crippen LogP contribution in [0.1, 0.15) is 16.1 Å². The van der Waals surface area contributed by atoms with Crippen LogP contribution < -0.4 is 15.6 Å². The largest absolute Gasteiger partial charge is 0.496 e. The van der Waals surface area contributed by atoms with E-state index in [-0.39, 0.29) is 11.5 Å². The standard InChI is InChI=1S/C15H16BrN3O3/c1-10-5-13(22-2)7-14(20)19(10)4-3-18-15(21)11-6-12(16)9-17-8-11/h5-9H,3-4H2,1-2H3,(H,18,21). The van der Waals surface area contributed by atoms with E-state index in [0.29, 0.717) is 24.4 Å². The normalized spacial score (nSPS) is 10.3. The van der Waals surface area contributed by atoms with E-state index in [4.69, 9.17) is 4.74 Å². The first kappa shape index (κ1) is 16.2. The average molecular weight is 366 g/mol. The molecular weight excluding hydrogens is 350 g/mol. The summed E-state index contributed by atoms with van der Waals surface area (Å²) in [5, 5.41) is 2.77. The van der Waals surface area contributed by atoms with Gasteiger partial charge < -0.3 is 14.6 Å². The van der Waals surface area contributed by atoms with Gasteiger partial charge in [0.15, 0.2) is 0 Å². The van der Waals surface area contributed by atoms with Crippen LogP contribution in [0.15, 0.2) is 39.9 Å². The number of nitrogens with one attached hydrogen (secondary N) is 1. The Labute approximate surface area is 136 Å². The molecule has 1 N–H and O–H groups in total. The Morgan fingerprint density at radius 1 is 1.36 bits per heavy atom. The molecule has 0 bridgehead atoms. The number of methoxy groups -OCH3 is 1. The second-order valence-corrected chi connectivity index (χ2v) is 5.59. The first-order valence-electron chi connectivity index (χ1n) is 6.65. The van der Waals surface area contributed by atoms with Crippen molar-refractivity contribution in [3.63, 3.8) is 0 Å². The van der Waals surface area contributed by atoms with Gasteiger partial charge in [0.2, 0.25) is 0 Å². The van der Waals surface area contributed by atoms with Gasteiger partial charge >= 0.3 is 0 Å².